The maximum absolute atomic E-state index is 9.84. The molecule has 3 heterocycles. The molecular formula is C30H30ClN9. The van der Waals surface area contributed by atoms with Gasteiger partial charge in [-0.05, 0) is 54.2 Å². The first kappa shape index (κ1) is 25.8. The predicted molar refractivity (Wildman–Crippen MR) is 157 cm³/mol. The van der Waals surface area contributed by atoms with Crippen LogP contribution in [0.15, 0.2) is 67.3 Å². The molecule has 0 spiro atoms. The number of benzene rings is 2. The van der Waals surface area contributed by atoms with E-state index in [4.69, 9.17) is 11.6 Å². The summed E-state index contributed by atoms with van der Waals surface area (Å²) in [7, 11) is 0. The van der Waals surface area contributed by atoms with Gasteiger partial charge in [-0.25, -0.2) is 9.36 Å². The first-order valence-electron chi connectivity index (χ1n) is 13.3. The predicted octanol–water partition coefficient (Wildman–Crippen LogP) is 6.53. The Morgan fingerprint density at radius 1 is 1.18 bits per heavy atom. The number of hydrogen-bond acceptors (Lipinski definition) is 7. The summed E-state index contributed by atoms with van der Waals surface area (Å²) in [5.41, 5.74) is 5.38. The van der Waals surface area contributed by atoms with E-state index in [1.807, 2.05) is 52.1 Å². The second-order valence-electron chi connectivity index (χ2n) is 11.4. The molecule has 202 valence electrons. The summed E-state index contributed by atoms with van der Waals surface area (Å²) in [6, 6.07) is 16.3. The van der Waals surface area contributed by atoms with Crippen LogP contribution in [-0.4, -0.2) is 36.3 Å². The van der Waals surface area contributed by atoms with Crippen molar-refractivity contribution >= 4 is 33.9 Å². The average Bonchev–Trinajstić information content (AvgIpc) is 3.41. The van der Waals surface area contributed by atoms with Crippen LogP contribution in [-0.2, 0) is 0 Å². The number of aromatic nitrogens is 6. The van der Waals surface area contributed by atoms with E-state index >= 15 is 0 Å². The van der Waals surface area contributed by atoms with Crippen LogP contribution in [0, 0.1) is 16.7 Å². The minimum atomic E-state index is -0.311. The minimum absolute atomic E-state index is 0.0139. The third-order valence-electron chi connectivity index (χ3n) is 6.87. The van der Waals surface area contributed by atoms with Crippen molar-refractivity contribution in [1.82, 2.24) is 29.8 Å². The van der Waals surface area contributed by atoms with E-state index < -0.39 is 0 Å². The highest BCUT2D eigenvalue weighted by molar-refractivity contribution is 6.35. The number of nitrogens with one attached hydrogen (secondary N) is 2. The molecule has 6 rings (SSSR count). The highest BCUT2D eigenvalue weighted by Crippen LogP contribution is 2.37. The molecule has 1 atom stereocenters. The van der Waals surface area contributed by atoms with Gasteiger partial charge in [0.05, 0.1) is 45.8 Å². The Morgan fingerprint density at radius 3 is 2.75 bits per heavy atom. The van der Waals surface area contributed by atoms with E-state index in [1.165, 1.54) is 0 Å². The molecule has 0 aliphatic heterocycles. The monoisotopic (exact) mass is 551 g/mol. The molecule has 1 fully saturated rings. The molecule has 3 aromatic heterocycles. The minimum Gasteiger partial charge on any atom is -0.383 e. The quantitative estimate of drug-likeness (QED) is 0.225. The van der Waals surface area contributed by atoms with Crippen molar-refractivity contribution in [3.63, 3.8) is 0 Å². The lowest BCUT2D eigenvalue weighted by molar-refractivity contribution is 0.443. The Kier molecular flexibility index (Phi) is 6.64. The van der Waals surface area contributed by atoms with Crippen LogP contribution in [0.2, 0.25) is 5.02 Å². The first-order chi connectivity index (χ1) is 19.3. The van der Waals surface area contributed by atoms with Crippen LogP contribution in [0.4, 0.5) is 11.4 Å². The van der Waals surface area contributed by atoms with E-state index in [-0.39, 0.29) is 11.5 Å². The summed E-state index contributed by atoms with van der Waals surface area (Å²) in [4.78, 5) is 4.51. The topological polar surface area (TPSA) is 109 Å². The second kappa shape index (κ2) is 10.3. The number of nitriles is 1. The van der Waals surface area contributed by atoms with Crippen LogP contribution >= 0.6 is 11.6 Å². The number of halogens is 1. The van der Waals surface area contributed by atoms with Crippen LogP contribution in [0.25, 0.3) is 16.6 Å². The van der Waals surface area contributed by atoms with Gasteiger partial charge < -0.3 is 10.6 Å². The molecule has 1 aliphatic rings. The molecule has 1 saturated carbocycles. The Hall–Kier alpha value is -4.42. The van der Waals surface area contributed by atoms with Gasteiger partial charge in [0, 0.05) is 36.2 Å². The Balaban J connectivity index is 1.43. The van der Waals surface area contributed by atoms with Gasteiger partial charge in [0.1, 0.15) is 11.8 Å². The van der Waals surface area contributed by atoms with Crippen LogP contribution in [0.5, 0.6) is 0 Å². The van der Waals surface area contributed by atoms with Gasteiger partial charge in [0.15, 0.2) is 0 Å². The summed E-state index contributed by atoms with van der Waals surface area (Å²) in [6.45, 7) is 7.12. The van der Waals surface area contributed by atoms with E-state index in [2.05, 4.69) is 70.0 Å². The number of hydrogen-bond donors (Lipinski definition) is 2. The molecule has 9 nitrogen and oxygen atoms in total. The summed E-state index contributed by atoms with van der Waals surface area (Å²) < 4.78 is 3.78. The molecule has 2 aromatic carbocycles. The largest absolute Gasteiger partial charge is 0.383 e. The van der Waals surface area contributed by atoms with Gasteiger partial charge in [0.25, 0.3) is 0 Å². The van der Waals surface area contributed by atoms with E-state index in [9.17, 15) is 5.26 Å². The standard InChI is InChI=1S/C30H30ClN9/c1-30(2,3)18-34-27-20(15-32)16-33-29-24(27)13-21(14-25(29)31)36-28(26-17-40(38-37-26)22-8-9-22)19-6-4-7-23(12-19)39-11-5-10-35-39/h4-7,10-14,16-17,22,28,36H,8-9,18H2,1-3H3,(H,33,34). The van der Waals surface area contributed by atoms with Crippen LogP contribution in [0.3, 0.4) is 0 Å². The fourth-order valence-corrected chi connectivity index (χ4v) is 4.94. The summed E-state index contributed by atoms with van der Waals surface area (Å²) in [5.74, 6) is 0. The van der Waals surface area contributed by atoms with E-state index in [1.54, 1.807) is 12.4 Å². The second-order valence-corrected chi connectivity index (χ2v) is 11.8. The zero-order valence-electron chi connectivity index (χ0n) is 22.6. The molecule has 40 heavy (non-hydrogen) atoms. The summed E-state index contributed by atoms with van der Waals surface area (Å²) in [6.07, 6.45) is 9.51. The highest BCUT2D eigenvalue weighted by Gasteiger charge is 2.27. The molecule has 10 heteroatoms. The van der Waals surface area contributed by atoms with Crippen molar-refractivity contribution in [3.8, 4) is 11.8 Å². The fraction of sp³-hybridized carbons (Fsp3) is 0.300. The van der Waals surface area contributed by atoms with E-state index in [0.717, 1.165) is 46.5 Å². The van der Waals surface area contributed by atoms with Crippen molar-refractivity contribution in [3.05, 3.63) is 89.1 Å². The zero-order valence-corrected chi connectivity index (χ0v) is 23.4. The van der Waals surface area contributed by atoms with Gasteiger partial charge in [-0.1, -0.05) is 49.7 Å². The lowest BCUT2D eigenvalue weighted by Gasteiger charge is -2.22. The molecule has 1 aliphatic carbocycles. The van der Waals surface area contributed by atoms with Gasteiger partial charge in [-0.3, -0.25) is 4.98 Å². The van der Waals surface area contributed by atoms with Gasteiger partial charge in [-0.2, -0.15) is 10.4 Å². The maximum Gasteiger partial charge on any atom is 0.109 e. The van der Waals surface area contributed by atoms with Gasteiger partial charge in [-0.15, -0.1) is 5.10 Å². The number of rotatable bonds is 8. The van der Waals surface area contributed by atoms with Crippen LogP contribution < -0.4 is 10.6 Å². The third kappa shape index (κ3) is 5.36. The summed E-state index contributed by atoms with van der Waals surface area (Å²) >= 11 is 6.79. The molecule has 0 radical (unpaired) electrons. The Labute approximate surface area is 237 Å². The Morgan fingerprint density at radius 2 is 2.02 bits per heavy atom. The number of anilines is 2. The van der Waals surface area contributed by atoms with Crippen molar-refractivity contribution < 1.29 is 0 Å². The number of pyridine rings is 1. The lowest BCUT2D eigenvalue weighted by atomic mass is 9.96. The molecule has 1 unspecified atom stereocenters. The first-order valence-corrected chi connectivity index (χ1v) is 13.7. The molecule has 5 aromatic rings. The lowest BCUT2D eigenvalue weighted by Crippen LogP contribution is -2.20. The third-order valence-corrected chi connectivity index (χ3v) is 7.16. The smallest absolute Gasteiger partial charge is 0.109 e. The van der Waals surface area contributed by atoms with Crippen molar-refractivity contribution in [2.75, 3.05) is 17.2 Å². The molecule has 0 bridgehead atoms. The number of fused-ring (bicyclic) bond motifs is 1. The van der Waals surface area contributed by atoms with Crippen molar-refractivity contribution in [2.45, 2.75) is 45.7 Å². The average molecular weight is 552 g/mol. The maximum atomic E-state index is 9.84. The Bertz CT molecular complexity index is 1710. The molecule has 0 saturated heterocycles. The van der Waals surface area contributed by atoms with Gasteiger partial charge in [0.2, 0.25) is 0 Å². The van der Waals surface area contributed by atoms with Crippen molar-refractivity contribution in [1.29, 1.82) is 5.26 Å². The molecule has 2 N–H and O–H groups in total. The highest BCUT2D eigenvalue weighted by atomic mass is 35.5. The van der Waals surface area contributed by atoms with Crippen molar-refractivity contribution in [2.24, 2.45) is 5.41 Å². The zero-order chi connectivity index (χ0) is 27.9. The van der Waals surface area contributed by atoms with Gasteiger partial charge >= 0.3 is 0 Å². The number of nitrogens with zero attached hydrogens (tertiary/aromatic N) is 7. The van der Waals surface area contributed by atoms with Crippen LogP contribution in [0.1, 0.15) is 62.5 Å². The van der Waals surface area contributed by atoms with E-state index in [0.29, 0.717) is 28.7 Å². The normalized spacial score (nSPS) is 14.2. The molecular weight excluding hydrogens is 522 g/mol. The summed E-state index contributed by atoms with van der Waals surface area (Å²) in [5, 5.41) is 31.6. The fourth-order valence-electron chi connectivity index (χ4n) is 4.68. The SMILES string of the molecule is CC(C)(C)CNc1c(C#N)cnc2c(Cl)cc(NC(c3cccc(-n4cccn4)c3)c3cn(C4CC4)nn3)cc12. The molecule has 0 amide bonds.